The predicted octanol–water partition coefficient (Wildman–Crippen LogP) is 5.19. The van der Waals surface area contributed by atoms with E-state index in [1.54, 1.807) is 0 Å². The maximum Gasteiger partial charge on any atom is 0.339 e. The van der Waals surface area contributed by atoms with Gasteiger partial charge in [0.05, 0.1) is 5.56 Å². The number of benzene rings is 1. The molecule has 0 spiro atoms. The van der Waals surface area contributed by atoms with Gasteiger partial charge in [0.25, 0.3) is 0 Å². The first-order chi connectivity index (χ1) is 11.1. The van der Waals surface area contributed by atoms with E-state index in [0.717, 1.165) is 19.3 Å². The summed E-state index contributed by atoms with van der Waals surface area (Å²) in [5, 5.41) is 18.8. The molecule has 0 aromatic heterocycles. The van der Waals surface area contributed by atoms with Gasteiger partial charge in [-0.15, -0.1) is 0 Å². The van der Waals surface area contributed by atoms with Crippen molar-refractivity contribution in [3.63, 3.8) is 0 Å². The summed E-state index contributed by atoms with van der Waals surface area (Å²) in [5.41, 5.74) is -0.104. The van der Waals surface area contributed by atoms with E-state index >= 15 is 0 Å². The number of carbonyl (C=O) groups is 2. The van der Waals surface area contributed by atoms with Gasteiger partial charge in [0.1, 0.15) is 11.3 Å². The summed E-state index contributed by atoms with van der Waals surface area (Å²) in [5.74, 6) is -1.82. The first kappa shape index (κ1) is 19.2. The number of aromatic hydroxyl groups is 1. The molecule has 1 aromatic rings. The van der Waals surface area contributed by atoms with E-state index in [9.17, 15) is 14.7 Å². The molecule has 0 fully saturated rings. The number of unbranched alkanes of at least 4 members (excludes halogenated alkanes) is 8. The van der Waals surface area contributed by atoms with E-state index in [-0.39, 0.29) is 16.9 Å². The molecule has 0 unspecified atom stereocenters. The van der Waals surface area contributed by atoms with Crippen LogP contribution in [-0.2, 0) is 0 Å². The third kappa shape index (κ3) is 6.85. The van der Waals surface area contributed by atoms with E-state index < -0.39 is 11.7 Å². The van der Waals surface area contributed by atoms with E-state index in [4.69, 9.17) is 5.11 Å². The van der Waals surface area contributed by atoms with Crippen molar-refractivity contribution >= 4 is 11.8 Å². The Labute approximate surface area is 138 Å². The number of phenols is 1. The number of hydrogen-bond donors (Lipinski definition) is 2. The van der Waals surface area contributed by atoms with E-state index in [0.29, 0.717) is 6.42 Å². The highest BCUT2D eigenvalue weighted by Gasteiger charge is 2.17. The molecular formula is C19H28O4. The molecule has 23 heavy (non-hydrogen) atoms. The van der Waals surface area contributed by atoms with Crippen LogP contribution in [-0.4, -0.2) is 22.0 Å². The van der Waals surface area contributed by atoms with Gasteiger partial charge in [-0.3, -0.25) is 4.79 Å². The average Bonchev–Trinajstić information content (AvgIpc) is 2.53. The highest BCUT2D eigenvalue weighted by Crippen LogP contribution is 2.24. The summed E-state index contributed by atoms with van der Waals surface area (Å²) in [6.45, 7) is 2.21. The van der Waals surface area contributed by atoms with Crippen LogP contribution in [0.15, 0.2) is 18.2 Å². The highest BCUT2D eigenvalue weighted by molar-refractivity contribution is 6.02. The van der Waals surface area contributed by atoms with Crippen molar-refractivity contribution in [2.45, 2.75) is 71.1 Å². The van der Waals surface area contributed by atoms with Crippen molar-refractivity contribution in [1.82, 2.24) is 0 Å². The fraction of sp³-hybridized carbons (Fsp3) is 0.579. The molecule has 0 heterocycles. The fourth-order valence-corrected chi connectivity index (χ4v) is 2.67. The Kier molecular flexibility index (Phi) is 9.03. The molecule has 0 saturated carbocycles. The molecule has 4 heteroatoms. The van der Waals surface area contributed by atoms with Gasteiger partial charge in [-0.25, -0.2) is 4.79 Å². The third-order valence-electron chi connectivity index (χ3n) is 4.07. The summed E-state index contributed by atoms with van der Waals surface area (Å²) in [7, 11) is 0. The molecule has 0 bridgehead atoms. The van der Waals surface area contributed by atoms with Gasteiger partial charge in [-0.05, 0) is 18.6 Å². The Balaban J connectivity index is 2.27. The summed E-state index contributed by atoms with van der Waals surface area (Å²) in [4.78, 5) is 23.0. The monoisotopic (exact) mass is 320 g/mol. The molecular weight excluding hydrogens is 292 g/mol. The first-order valence-corrected chi connectivity index (χ1v) is 8.66. The summed E-state index contributed by atoms with van der Waals surface area (Å²) in [6.07, 6.45) is 10.9. The van der Waals surface area contributed by atoms with Gasteiger partial charge < -0.3 is 10.2 Å². The van der Waals surface area contributed by atoms with Crippen molar-refractivity contribution in [3.8, 4) is 5.75 Å². The number of aromatic carboxylic acids is 1. The fourth-order valence-electron chi connectivity index (χ4n) is 2.67. The number of carboxylic acid groups (broad SMARTS) is 1. The largest absolute Gasteiger partial charge is 0.506 e. The lowest BCUT2D eigenvalue weighted by molar-refractivity contribution is 0.0693. The van der Waals surface area contributed by atoms with E-state index in [1.807, 2.05) is 0 Å². The number of carboxylic acids is 1. The van der Waals surface area contributed by atoms with Crippen LogP contribution in [0.25, 0.3) is 0 Å². The lowest BCUT2D eigenvalue weighted by atomic mass is 10.00. The Morgan fingerprint density at radius 2 is 1.39 bits per heavy atom. The van der Waals surface area contributed by atoms with Gasteiger partial charge in [-0.2, -0.15) is 0 Å². The Morgan fingerprint density at radius 1 is 0.870 bits per heavy atom. The topological polar surface area (TPSA) is 74.6 Å². The minimum atomic E-state index is -1.22. The van der Waals surface area contributed by atoms with E-state index in [1.165, 1.54) is 56.7 Å². The van der Waals surface area contributed by atoms with Crippen LogP contribution >= 0.6 is 0 Å². The molecule has 4 nitrogen and oxygen atoms in total. The first-order valence-electron chi connectivity index (χ1n) is 8.66. The van der Waals surface area contributed by atoms with Crippen molar-refractivity contribution < 1.29 is 19.8 Å². The molecule has 0 aliphatic heterocycles. The third-order valence-corrected chi connectivity index (χ3v) is 4.07. The minimum Gasteiger partial charge on any atom is -0.506 e. The molecule has 0 saturated heterocycles. The van der Waals surface area contributed by atoms with Crippen molar-refractivity contribution in [3.05, 3.63) is 29.3 Å². The Hall–Kier alpha value is -1.84. The van der Waals surface area contributed by atoms with Crippen LogP contribution in [0, 0.1) is 0 Å². The van der Waals surface area contributed by atoms with E-state index in [2.05, 4.69) is 6.92 Å². The standard InChI is InChI=1S/C19H28O4/c1-2-3-4-5-6-7-8-9-10-14-17(20)15-12-11-13-16(18(15)21)19(22)23/h11-13,21H,2-10,14H2,1H3,(H,22,23). The van der Waals surface area contributed by atoms with Gasteiger partial charge in [-0.1, -0.05) is 64.4 Å². The van der Waals surface area contributed by atoms with Crippen LogP contribution in [0.4, 0.5) is 0 Å². The van der Waals surface area contributed by atoms with Gasteiger partial charge in [0.2, 0.25) is 0 Å². The number of hydrogen-bond acceptors (Lipinski definition) is 3. The number of ketones is 1. The quantitative estimate of drug-likeness (QED) is 0.410. The lowest BCUT2D eigenvalue weighted by Crippen LogP contribution is -2.04. The number of para-hydroxylation sites is 1. The number of rotatable bonds is 12. The molecule has 1 aromatic carbocycles. The number of carbonyl (C=O) groups excluding carboxylic acids is 1. The smallest absolute Gasteiger partial charge is 0.339 e. The summed E-state index contributed by atoms with van der Waals surface area (Å²) in [6, 6.07) is 4.28. The minimum absolute atomic E-state index is 0.115. The zero-order valence-electron chi connectivity index (χ0n) is 14.0. The molecule has 0 aliphatic rings. The maximum absolute atomic E-state index is 12.1. The molecule has 0 radical (unpaired) electrons. The molecule has 2 N–H and O–H groups in total. The molecule has 0 amide bonds. The second-order valence-corrected chi connectivity index (χ2v) is 6.01. The highest BCUT2D eigenvalue weighted by atomic mass is 16.4. The normalized spacial score (nSPS) is 10.7. The van der Waals surface area contributed by atoms with Crippen LogP contribution < -0.4 is 0 Å². The van der Waals surface area contributed by atoms with Gasteiger partial charge in [0.15, 0.2) is 5.78 Å². The zero-order valence-corrected chi connectivity index (χ0v) is 14.0. The van der Waals surface area contributed by atoms with Crippen LogP contribution in [0.2, 0.25) is 0 Å². The van der Waals surface area contributed by atoms with Gasteiger partial charge >= 0.3 is 5.97 Å². The molecule has 0 aliphatic carbocycles. The average molecular weight is 320 g/mol. The number of Topliss-reactive ketones (excluding diaryl/α,β-unsaturated/α-hetero) is 1. The maximum atomic E-state index is 12.1. The second-order valence-electron chi connectivity index (χ2n) is 6.01. The van der Waals surface area contributed by atoms with Crippen LogP contribution in [0.5, 0.6) is 5.75 Å². The van der Waals surface area contributed by atoms with Crippen molar-refractivity contribution in [2.24, 2.45) is 0 Å². The summed E-state index contributed by atoms with van der Waals surface area (Å²) >= 11 is 0. The van der Waals surface area contributed by atoms with Gasteiger partial charge in [0, 0.05) is 6.42 Å². The molecule has 128 valence electrons. The van der Waals surface area contributed by atoms with Crippen LogP contribution in [0.3, 0.4) is 0 Å². The summed E-state index contributed by atoms with van der Waals surface area (Å²) < 4.78 is 0. The Bertz CT molecular complexity index is 508. The zero-order chi connectivity index (χ0) is 17.1. The van der Waals surface area contributed by atoms with Crippen molar-refractivity contribution in [2.75, 3.05) is 0 Å². The predicted molar refractivity (Wildman–Crippen MR) is 91.2 cm³/mol. The second kappa shape index (κ2) is 10.8. The van der Waals surface area contributed by atoms with Crippen LogP contribution in [0.1, 0.15) is 91.8 Å². The SMILES string of the molecule is CCCCCCCCCCCC(=O)c1cccc(C(=O)O)c1O. The molecule has 0 atom stereocenters. The molecule has 1 rings (SSSR count). The Morgan fingerprint density at radius 3 is 1.96 bits per heavy atom. The lowest BCUT2D eigenvalue weighted by Gasteiger charge is -2.06. The van der Waals surface area contributed by atoms with Crippen molar-refractivity contribution in [1.29, 1.82) is 0 Å².